The van der Waals surface area contributed by atoms with Crippen molar-refractivity contribution in [2.75, 3.05) is 7.05 Å². The van der Waals surface area contributed by atoms with Crippen molar-refractivity contribution in [2.45, 2.75) is 6.92 Å². The molecule has 0 saturated heterocycles. The Bertz CT molecular complexity index is 208. The molecule has 0 aliphatic carbocycles. The fraction of sp³-hybridized carbons (Fsp3) is 0.250. The van der Waals surface area contributed by atoms with E-state index in [1.165, 1.54) is 0 Å². The number of allylic oxidation sites excluding steroid dienone is 3. The Kier molecular flexibility index (Phi) is 4.19. The van der Waals surface area contributed by atoms with Crippen molar-refractivity contribution >= 4 is 0 Å². The monoisotopic (exact) mass is 227 g/mol. The van der Waals surface area contributed by atoms with Crippen molar-refractivity contribution < 1.29 is 37.1 Å². The Hall–Kier alpha value is 0.0539. The third-order valence-electron chi connectivity index (χ3n) is 1.40. The number of hydrogen-bond donors (Lipinski definition) is 0. The zero-order chi connectivity index (χ0) is 7.72. The standard InChI is InChI=1S/C8H9FN.Y/c1-6-4-10(3)5-8(9)7(6)2;/h4H,2H2,1,3H3;/q-1;. The summed E-state index contributed by atoms with van der Waals surface area (Å²) < 4.78 is 12.7. The normalized spacial score (nSPS) is 17.0. The minimum Gasteiger partial charge on any atom is -0.461 e. The van der Waals surface area contributed by atoms with Crippen molar-refractivity contribution in [2.24, 2.45) is 0 Å². The van der Waals surface area contributed by atoms with Gasteiger partial charge in [-0.15, -0.1) is 23.9 Å². The minimum atomic E-state index is -0.373. The van der Waals surface area contributed by atoms with E-state index in [9.17, 15) is 4.39 Å². The molecule has 1 heterocycles. The van der Waals surface area contributed by atoms with Gasteiger partial charge in [-0.2, -0.15) is 0 Å². The Morgan fingerprint density at radius 3 is 2.64 bits per heavy atom. The molecule has 1 radical (unpaired) electrons. The summed E-state index contributed by atoms with van der Waals surface area (Å²) in [6, 6.07) is 0. The van der Waals surface area contributed by atoms with Crippen LogP contribution >= 0.6 is 0 Å². The zero-order valence-electron chi connectivity index (χ0n) is 6.69. The first-order valence-corrected chi connectivity index (χ1v) is 3.01. The summed E-state index contributed by atoms with van der Waals surface area (Å²) in [4.78, 5) is 1.55. The number of nitrogens with zero attached hydrogens (tertiary/aromatic N) is 1. The molecule has 0 aromatic heterocycles. The summed E-state index contributed by atoms with van der Waals surface area (Å²) in [6.45, 7) is 5.36. The Labute approximate surface area is 91.5 Å². The summed E-state index contributed by atoms with van der Waals surface area (Å²) in [5, 5.41) is 0. The van der Waals surface area contributed by atoms with Crippen LogP contribution in [0.2, 0.25) is 0 Å². The molecule has 0 atom stereocenters. The van der Waals surface area contributed by atoms with Crippen LogP contribution in [0.5, 0.6) is 0 Å². The van der Waals surface area contributed by atoms with Crippen molar-refractivity contribution in [3.63, 3.8) is 0 Å². The maximum Gasteiger partial charge on any atom is 0.0344 e. The van der Waals surface area contributed by atoms with E-state index in [1.54, 1.807) is 18.1 Å². The molecule has 0 saturated carbocycles. The zero-order valence-corrected chi connectivity index (χ0v) is 9.53. The van der Waals surface area contributed by atoms with Crippen molar-refractivity contribution in [1.29, 1.82) is 0 Å². The molecule has 1 rings (SSSR count). The van der Waals surface area contributed by atoms with Crippen molar-refractivity contribution in [3.8, 4) is 0 Å². The molecule has 0 aromatic rings. The Morgan fingerprint density at radius 2 is 2.18 bits per heavy atom. The first-order valence-electron chi connectivity index (χ1n) is 3.01. The van der Waals surface area contributed by atoms with E-state index in [0.717, 1.165) is 5.57 Å². The molecule has 0 bridgehead atoms. The summed E-state index contributed by atoms with van der Waals surface area (Å²) in [6.07, 6.45) is 4.25. The molecular formula is C8H9FNY-. The number of halogens is 1. The third-order valence-corrected chi connectivity index (χ3v) is 1.40. The van der Waals surface area contributed by atoms with E-state index < -0.39 is 0 Å². The van der Waals surface area contributed by atoms with E-state index in [-0.39, 0.29) is 38.5 Å². The Balaban J connectivity index is 0.000001000. The van der Waals surface area contributed by atoms with Crippen LogP contribution in [-0.2, 0) is 32.7 Å². The van der Waals surface area contributed by atoms with E-state index in [1.807, 2.05) is 6.92 Å². The van der Waals surface area contributed by atoms with Gasteiger partial charge in [0.05, 0.1) is 0 Å². The van der Waals surface area contributed by atoms with E-state index >= 15 is 0 Å². The topological polar surface area (TPSA) is 3.24 Å². The van der Waals surface area contributed by atoms with Gasteiger partial charge >= 0.3 is 0 Å². The van der Waals surface area contributed by atoms with E-state index in [4.69, 9.17) is 0 Å². The fourth-order valence-corrected chi connectivity index (χ4v) is 0.796. The van der Waals surface area contributed by atoms with Crippen molar-refractivity contribution in [3.05, 3.63) is 36.0 Å². The van der Waals surface area contributed by atoms with Gasteiger partial charge in [0.2, 0.25) is 0 Å². The molecule has 1 aliphatic rings. The van der Waals surface area contributed by atoms with Crippen LogP contribution in [0, 0.1) is 6.20 Å². The van der Waals surface area contributed by atoms with Crippen molar-refractivity contribution in [1.82, 2.24) is 4.90 Å². The van der Waals surface area contributed by atoms with E-state index in [2.05, 4.69) is 12.8 Å². The molecule has 1 nitrogen and oxygen atoms in total. The van der Waals surface area contributed by atoms with Crippen LogP contribution in [0.4, 0.5) is 4.39 Å². The minimum absolute atomic E-state index is 0. The predicted octanol–water partition coefficient (Wildman–Crippen LogP) is 2.00. The summed E-state index contributed by atoms with van der Waals surface area (Å²) in [5.41, 5.74) is 1.27. The van der Waals surface area contributed by atoms with Gasteiger partial charge in [-0.25, -0.2) is 4.39 Å². The van der Waals surface area contributed by atoms with Crippen LogP contribution in [0.25, 0.3) is 0 Å². The number of hydrogen-bond acceptors (Lipinski definition) is 1. The van der Waals surface area contributed by atoms with Gasteiger partial charge in [-0.05, 0) is 7.05 Å². The van der Waals surface area contributed by atoms with Gasteiger partial charge in [0.25, 0.3) is 0 Å². The quantitative estimate of drug-likeness (QED) is 0.572. The van der Waals surface area contributed by atoms with Gasteiger partial charge in [0.15, 0.2) is 0 Å². The average Bonchev–Trinajstić information content (AvgIpc) is 1.82. The number of rotatable bonds is 0. The molecular weight excluding hydrogens is 218 g/mol. The molecule has 57 valence electrons. The first kappa shape index (κ1) is 11.1. The molecule has 0 aromatic carbocycles. The second-order valence-electron chi connectivity index (χ2n) is 2.33. The molecule has 0 spiro atoms. The van der Waals surface area contributed by atoms with Crippen LogP contribution in [-0.4, -0.2) is 11.9 Å². The van der Waals surface area contributed by atoms with E-state index in [0.29, 0.717) is 5.57 Å². The van der Waals surface area contributed by atoms with Gasteiger partial charge in [-0.3, -0.25) is 0 Å². The molecule has 11 heavy (non-hydrogen) atoms. The maximum atomic E-state index is 12.7. The molecule has 0 amide bonds. The largest absolute Gasteiger partial charge is 0.461 e. The molecule has 0 unspecified atom stereocenters. The van der Waals surface area contributed by atoms with Gasteiger partial charge in [-0.1, -0.05) is 13.1 Å². The summed E-state index contributed by atoms with van der Waals surface area (Å²) in [7, 11) is 1.73. The maximum absolute atomic E-state index is 12.7. The van der Waals surface area contributed by atoms with Gasteiger partial charge < -0.3 is 4.90 Å². The molecule has 0 N–H and O–H groups in total. The second-order valence-corrected chi connectivity index (χ2v) is 2.33. The Morgan fingerprint density at radius 1 is 1.64 bits per heavy atom. The SMILES string of the molecule is C=C1C(F)=[C-]N(C)C=C1C.[Y]. The van der Waals surface area contributed by atoms with Gasteiger partial charge in [0, 0.05) is 38.5 Å². The van der Waals surface area contributed by atoms with Crippen LogP contribution in [0.3, 0.4) is 0 Å². The first-order chi connectivity index (χ1) is 4.61. The predicted molar refractivity (Wildman–Crippen MR) is 38.5 cm³/mol. The summed E-state index contributed by atoms with van der Waals surface area (Å²) >= 11 is 0. The fourth-order valence-electron chi connectivity index (χ4n) is 0.796. The summed E-state index contributed by atoms with van der Waals surface area (Å²) in [5.74, 6) is -0.373. The van der Waals surface area contributed by atoms with Crippen LogP contribution in [0.1, 0.15) is 6.92 Å². The van der Waals surface area contributed by atoms with Crippen LogP contribution in [0.15, 0.2) is 29.8 Å². The molecule has 3 heteroatoms. The molecule has 1 aliphatic heterocycles. The van der Waals surface area contributed by atoms with Gasteiger partial charge in [0.1, 0.15) is 0 Å². The van der Waals surface area contributed by atoms with Crippen LogP contribution < -0.4 is 0 Å². The molecule has 0 fully saturated rings. The average molecular weight is 227 g/mol. The smallest absolute Gasteiger partial charge is 0.0344 e. The second kappa shape index (κ2) is 4.17. The third kappa shape index (κ3) is 2.53.